The number of alkyl halides is 2. The van der Waals surface area contributed by atoms with E-state index in [9.17, 15) is 13.6 Å². The topological polar surface area (TPSA) is 71.6 Å². The number of halogens is 2. The maximum absolute atomic E-state index is 12.1. The number of amides is 1. The molecule has 6 nitrogen and oxygen atoms in total. The highest BCUT2D eigenvalue weighted by Crippen LogP contribution is 2.17. The van der Waals surface area contributed by atoms with Crippen LogP contribution in [0.15, 0.2) is 48.5 Å². The molecule has 26 heavy (non-hydrogen) atoms. The Balaban J connectivity index is 1.81. The van der Waals surface area contributed by atoms with Gasteiger partial charge in [0, 0.05) is 11.3 Å². The molecule has 0 fully saturated rings. The number of rotatable bonds is 6. The van der Waals surface area contributed by atoms with E-state index in [-0.39, 0.29) is 16.8 Å². The first-order valence-corrected chi connectivity index (χ1v) is 8.04. The maximum Gasteiger partial charge on any atom is 0.387 e. The Morgan fingerprint density at radius 2 is 1.65 bits per heavy atom. The fraction of sp³-hybridized carbons (Fsp3) is 0.176. The van der Waals surface area contributed by atoms with Crippen molar-refractivity contribution in [3.05, 3.63) is 54.1 Å². The normalized spacial score (nSPS) is 10.2. The third-order valence-electron chi connectivity index (χ3n) is 3.05. The molecule has 0 heterocycles. The van der Waals surface area contributed by atoms with Crippen molar-refractivity contribution < 1.29 is 23.0 Å². The van der Waals surface area contributed by atoms with Gasteiger partial charge in [0.1, 0.15) is 11.5 Å². The Morgan fingerprint density at radius 1 is 1.04 bits per heavy atom. The molecule has 3 N–H and O–H groups in total. The number of carbonyl (C=O) groups excluding carboxylic acids is 1. The van der Waals surface area contributed by atoms with Crippen LogP contribution in [0, 0.1) is 0 Å². The van der Waals surface area contributed by atoms with E-state index in [1.807, 2.05) is 6.92 Å². The van der Waals surface area contributed by atoms with Crippen molar-refractivity contribution in [2.75, 3.05) is 11.9 Å². The molecule has 0 unspecified atom stereocenters. The lowest BCUT2D eigenvalue weighted by molar-refractivity contribution is -0.0498. The average Bonchev–Trinajstić information content (AvgIpc) is 2.62. The highest BCUT2D eigenvalue weighted by molar-refractivity contribution is 7.80. The van der Waals surface area contributed by atoms with Gasteiger partial charge in [-0.15, -0.1) is 0 Å². The first kappa shape index (κ1) is 19.4. The van der Waals surface area contributed by atoms with E-state index < -0.39 is 6.61 Å². The van der Waals surface area contributed by atoms with Crippen LogP contribution < -0.4 is 25.6 Å². The van der Waals surface area contributed by atoms with E-state index >= 15 is 0 Å². The van der Waals surface area contributed by atoms with Crippen LogP contribution in [-0.2, 0) is 0 Å². The third kappa shape index (κ3) is 6.17. The number of benzene rings is 2. The van der Waals surface area contributed by atoms with E-state index in [0.29, 0.717) is 23.6 Å². The lowest BCUT2D eigenvalue weighted by Gasteiger charge is -2.12. The summed E-state index contributed by atoms with van der Waals surface area (Å²) in [6.45, 7) is -0.463. The summed E-state index contributed by atoms with van der Waals surface area (Å²) in [6, 6.07) is 12.4. The summed E-state index contributed by atoms with van der Waals surface area (Å²) in [5, 5.41) is 2.93. The van der Waals surface area contributed by atoms with Crippen molar-refractivity contribution in [2.45, 2.75) is 13.5 Å². The van der Waals surface area contributed by atoms with E-state index in [1.165, 1.54) is 24.3 Å². The Bertz CT molecular complexity index is 740. The van der Waals surface area contributed by atoms with E-state index in [4.69, 9.17) is 17.0 Å². The van der Waals surface area contributed by atoms with Gasteiger partial charge in [-0.2, -0.15) is 8.78 Å². The molecule has 2 aromatic rings. The minimum Gasteiger partial charge on any atom is -0.494 e. The molecule has 138 valence electrons. The van der Waals surface area contributed by atoms with Gasteiger partial charge in [-0.25, -0.2) is 0 Å². The summed E-state index contributed by atoms with van der Waals surface area (Å²) >= 11 is 5.05. The van der Waals surface area contributed by atoms with Crippen LogP contribution in [0.2, 0.25) is 0 Å². The van der Waals surface area contributed by atoms with E-state index in [1.54, 1.807) is 24.3 Å². The highest BCUT2D eigenvalue weighted by atomic mass is 32.1. The summed E-state index contributed by atoms with van der Waals surface area (Å²) < 4.78 is 33.7. The SMILES string of the molecule is CCOc1ccc(C(=O)NNC(=S)Nc2ccc(OC(F)F)cc2)cc1. The molecule has 0 saturated heterocycles. The summed E-state index contributed by atoms with van der Waals surface area (Å²) in [4.78, 5) is 12.0. The Labute approximate surface area is 154 Å². The van der Waals surface area contributed by atoms with Crippen molar-refractivity contribution in [3.8, 4) is 11.5 Å². The van der Waals surface area contributed by atoms with Crippen molar-refractivity contribution in [1.82, 2.24) is 10.9 Å². The number of hydrogen-bond acceptors (Lipinski definition) is 4. The molecule has 2 rings (SSSR count). The van der Waals surface area contributed by atoms with Gasteiger partial charge < -0.3 is 14.8 Å². The van der Waals surface area contributed by atoms with Crippen LogP contribution in [0.3, 0.4) is 0 Å². The number of hydrogen-bond donors (Lipinski definition) is 3. The maximum atomic E-state index is 12.1. The molecule has 0 aliphatic rings. The van der Waals surface area contributed by atoms with Gasteiger partial charge in [0.05, 0.1) is 6.61 Å². The molecule has 2 aromatic carbocycles. The number of carbonyl (C=O) groups is 1. The van der Waals surface area contributed by atoms with Gasteiger partial charge in [0.25, 0.3) is 5.91 Å². The predicted octanol–water partition coefficient (Wildman–Crippen LogP) is 3.32. The van der Waals surface area contributed by atoms with Gasteiger partial charge in [-0.05, 0) is 67.7 Å². The van der Waals surface area contributed by atoms with Gasteiger partial charge in [-0.1, -0.05) is 0 Å². The number of nitrogens with one attached hydrogen (secondary N) is 3. The molecule has 0 atom stereocenters. The first-order chi connectivity index (χ1) is 12.5. The lowest BCUT2D eigenvalue weighted by Crippen LogP contribution is -2.43. The standard InChI is InChI=1S/C17H17F2N3O3S/c1-2-24-13-7-3-11(4-8-13)15(23)21-22-17(26)20-12-5-9-14(10-6-12)25-16(18)19/h3-10,16H,2H2,1H3,(H,21,23)(H2,20,22,26). The second-order valence-corrected chi connectivity index (χ2v) is 5.30. The van der Waals surface area contributed by atoms with Crippen LogP contribution in [0.4, 0.5) is 14.5 Å². The molecule has 0 saturated carbocycles. The fourth-order valence-corrected chi connectivity index (χ4v) is 2.11. The monoisotopic (exact) mass is 381 g/mol. The Kier molecular flexibility index (Phi) is 7.10. The molecule has 0 spiro atoms. The molecule has 0 bridgehead atoms. The Morgan fingerprint density at radius 3 is 2.23 bits per heavy atom. The summed E-state index contributed by atoms with van der Waals surface area (Å²) in [6.07, 6.45) is 0. The smallest absolute Gasteiger partial charge is 0.387 e. The third-order valence-corrected chi connectivity index (χ3v) is 3.26. The highest BCUT2D eigenvalue weighted by Gasteiger charge is 2.07. The van der Waals surface area contributed by atoms with Crippen molar-refractivity contribution in [3.63, 3.8) is 0 Å². The number of anilines is 1. The van der Waals surface area contributed by atoms with Crippen molar-refractivity contribution in [1.29, 1.82) is 0 Å². The van der Waals surface area contributed by atoms with Crippen LogP contribution in [0.5, 0.6) is 11.5 Å². The van der Waals surface area contributed by atoms with Gasteiger partial charge in [0.15, 0.2) is 5.11 Å². The minimum absolute atomic E-state index is 0.0354. The number of hydrazine groups is 1. The molecular weight excluding hydrogens is 364 g/mol. The molecule has 0 radical (unpaired) electrons. The molecule has 9 heteroatoms. The Hall–Kier alpha value is -2.94. The molecular formula is C17H17F2N3O3S. The van der Waals surface area contributed by atoms with Gasteiger partial charge in [-0.3, -0.25) is 15.6 Å². The minimum atomic E-state index is -2.88. The van der Waals surface area contributed by atoms with E-state index in [2.05, 4.69) is 20.9 Å². The van der Waals surface area contributed by atoms with Crippen molar-refractivity contribution >= 4 is 28.9 Å². The zero-order valence-corrected chi connectivity index (χ0v) is 14.6. The quantitative estimate of drug-likeness (QED) is 0.527. The molecule has 0 aliphatic carbocycles. The average molecular weight is 381 g/mol. The zero-order chi connectivity index (χ0) is 18.9. The van der Waals surface area contributed by atoms with Crippen LogP contribution in [-0.4, -0.2) is 24.2 Å². The second kappa shape index (κ2) is 9.52. The second-order valence-electron chi connectivity index (χ2n) is 4.89. The lowest BCUT2D eigenvalue weighted by atomic mass is 10.2. The number of thiocarbonyl (C=S) groups is 1. The van der Waals surface area contributed by atoms with Crippen LogP contribution in [0.1, 0.15) is 17.3 Å². The van der Waals surface area contributed by atoms with Crippen LogP contribution >= 0.6 is 12.2 Å². The summed E-state index contributed by atoms with van der Waals surface area (Å²) in [5.41, 5.74) is 5.97. The zero-order valence-electron chi connectivity index (χ0n) is 13.8. The summed E-state index contributed by atoms with van der Waals surface area (Å²) in [7, 11) is 0. The predicted molar refractivity (Wildman–Crippen MR) is 97.5 cm³/mol. The molecule has 0 aromatic heterocycles. The molecule has 1 amide bonds. The fourth-order valence-electron chi connectivity index (χ4n) is 1.94. The number of ether oxygens (including phenoxy) is 2. The van der Waals surface area contributed by atoms with Crippen LogP contribution in [0.25, 0.3) is 0 Å². The largest absolute Gasteiger partial charge is 0.494 e. The van der Waals surface area contributed by atoms with Gasteiger partial charge >= 0.3 is 6.61 Å². The van der Waals surface area contributed by atoms with E-state index in [0.717, 1.165) is 0 Å². The molecule has 0 aliphatic heterocycles. The van der Waals surface area contributed by atoms with Gasteiger partial charge in [0.2, 0.25) is 0 Å². The first-order valence-electron chi connectivity index (χ1n) is 7.63. The summed E-state index contributed by atoms with van der Waals surface area (Å²) in [5.74, 6) is 0.333. The van der Waals surface area contributed by atoms with Crippen molar-refractivity contribution in [2.24, 2.45) is 0 Å².